The Balaban J connectivity index is 2.15. The SMILES string of the molecule is Cc1ccc(-c2csc3ncnc(SCCF)c23)cc1C. The predicted molar refractivity (Wildman–Crippen MR) is 89.0 cm³/mol. The van der Waals surface area contributed by atoms with E-state index in [1.165, 1.54) is 28.5 Å². The van der Waals surface area contributed by atoms with E-state index in [9.17, 15) is 4.39 Å². The molecule has 0 aliphatic rings. The van der Waals surface area contributed by atoms with Gasteiger partial charge in [0.15, 0.2) is 0 Å². The minimum Gasteiger partial charge on any atom is -0.250 e. The monoisotopic (exact) mass is 318 g/mol. The highest BCUT2D eigenvalue weighted by molar-refractivity contribution is 7.99. The summed E-state index contributed by atoms with van der Waals surface area (Å²) in [5.74, 6) is 0.425. The van der Waals surface area contributed by atoms with Crippen LogP contribution in [0.1, 0.15) is 11.1 Å². The van der Waals surface area contributed by atoms with Gasteiger partial charge in [0.1, 0.15) is 16.2 Å². The Bertz CT molecular complexity index is 783. The predicted octanol–water partition coefficient (Wildman–Crippen LogP) is 5.04. The molecule has 2 heterocycles. The summed E-state index contributed by atoms with van der Waals surface area (Å²) < 4.78 is 12.5. The van der Waals surface area contributed by atoms with Gasteiger partial charge in [0.25, 0.3) is 0 Å². The average Bonchev–Trinajstić information content (AvgIpc) is 2.92. The van der Waals surface area contributed by atoms with Gasteiger partial charge in [0, 0.05) is 16.7 Å². The molecular weight excluding hydrogens is 303 g/mol. The van der Waals surface area contributed by atoms with Crippen LogP contribution in [0.5, 0.6) is 0 Å². The molecule has 1 aromatic carbocycles. The van der Waals surface area contributed by atoms with Gasteiger partial charge in [0.05, 0.1) is 12.1 Å². The van der Waals surface area contributed by atoms with Crippen molar-refractivity contribution in [2.24, 2.45) is 0 Å². The maximum Gasteiger partial charge on any atom is 0.128 e. The van der Waals surface area contributed by atoms with E-state index in [0.717, 1.165) is 20.8 Å². The lowest BCUT2D eigenvalue weighted by Gasteiger charge is -2.06. The summed E-state index contributed by atoms with van der Waals surface area (Å²) in [5.41, 5.74) is 4.85. The van der Waals surface area contributed by atoms with E-state index in [1.807, 2.05) is 0 Å². The first-order valence-electron chi connectivity index (χ1n) is 6.69. The highest BCUT2D eigenvalue weighted by atomic mass is 32.2. The molecule has 3 rings (SSSR count). The van der Waals surface area contributed by atoms with Crippen LogP contribution in [0.4, 0.5) is 4.39 Å². The Hall–Kier alpha value is -1.46. The number of aryl methyl sites for hydroxylation is 2. The fourth-order valence-corrected chi connectivity index (χ4v) is 3.94. The van der Waals surface area contributed by atoms with Crippen molar-refractivity contribution in [2.75, 3.05) is 12.4 Å². The minimum atomic E-state index is -0.348. The minimum absolute atomic E-state index is 0.348. The van der Waals surface area contributed by atoms with Gasteiger partial charge >= 0.3 is 0 Å². The zero-order valence-corrected chi connectivity index (χ0v) is 13.5. The number of hydrogen-bond acceptors (Lipinski definition) is 4. The van der Waals surface area contributed by atoms with Crippen molar-refractivity contribution >= 4 is 33.3 Å². The summed E-state index contributed by atoms with van der Waals surface area (Å²) in [6.07, 6.45) is 1.56. The number of alkyl halides is 1. The molecule has 0 saturated carbocycles. The van der Waals surface area contributed by atoms with Crippen LogP contribution in [-0.4, -0.2) is 22.4 Å². The molecule has 0 aliphatic heterocycles. The first-order valence-corrected chi connectivity index (χ1v) is 8.56. The summed E-state index contributed by atoms with van der Waals surface area (Å²) in [6, 6.07) is 6.44. The van der Waals surface area contributed by atoms with Crippen molar-refractivity contribution in [3.63, 3.8) is 0 Å². The third-order valence-corrected chi connectivity index (χ3v) is 5.30. The molecule has 108 valence electrons. The molecule has 0 amide bonds. The molecule has 0 atom stereocenters. The van der Waals surface area contributed by atoms with Crippen molar-refractivity contribution < 1.29 is 4.39 Å². The maximum atomic E-state index is 12.5. The Kier molecular flexibility index (Phi) is 4.22. The number of aromatic nitrogens is 2. The van der Waals surface area contributed by atoms with Crippen LogP contribution in [0.3, 0.4) is 0 Å². The Labute approximate surface area is 131 Å². The summed E-state index contributed by atoms with van der Waals surface area (Å²) in [6.45, 7) is 3.87. The number of thiophene rings is 1. The summed E-state index contributed by atoms with van der Waals surface area (Å²) in [5, 5.41) is 4.03. The van der Waals surface area contributed by atoms with Crippen LogP contribution in [-0.2, 0) is 0 Å². The second-order valence-electron chi connectivity index (χ2n) is 4.84. The number of benzene rings is 1. The van der Waals surface area contributed by atoms with E-state index in [1.54, 1.807) is 17.7 Å². The number of hydrogen-bond donors (Lipinski definition) is 0. The molecule has 0 spiro atoms. The van der Waals surface area contributed by atoms with E-state index < -0.39 is 0 Å². The smallest absolute Gasteiger partial charge is 0.128 e. The number of fused-ring (bicyclic) bond motifs is 1. The molecule has 0 unspecified atom stereocenters. The van der Waals surface area contributed by atoms with Gasteiger partial charge in [-0.2, -0.15) is 0 Å². The number of rotatable bonds is 4. The van der Waals surface area contributed by atoms with Crippen LogP contribution >= 0.6 is 23.1 Å². The summed E-state index contributed by atoms with van der Waals surface area (Å²) in [7, 11) is 0. The van der Waals surface area contributed by atoms with Crippen molar-refractivity contribution in [1.29, 1.82) is 0 Å². The fraction of sp³-hybridized carbons (Fsp3) is 0.250. The average molecular weight is 318 g/mol. The Morgan fingerprint density at radius 2 is 2.05 bits per heavy atom. The molecule has 21 heavy (non-hydrogen) atoms. The second kappa shape index (κ2) is 6.12. The molecule has 0 N–H and O–H groups in total. The van der Waals surface area contributed by atoms with Crippen LogP contribution in [0, 0.1) is 13.8 Å². The van der Waals surface area contributed by atoms with Gasteiger partial charge < -0.3 is 0 Å². The van der Waals surface area contributed by atoms with E-state index >= 15 is 0 Å². The summed E-state index contributed by atoms with van der Waals surface area (Å²) >= 11 is 3.06. The van der Waals surface area contributed by atoms with Gasteiger partial charge in [-0.3, -0.25) is 4.39 Å². The molecule has 2 nitrogen and oxygen atoms in total. The van der Waals surface area contributed by atoms with Gasteiger partial charge in [-0.05, 0) is 30.5 Å². The van der Waals surface area contributed by atoms with Gasteiger partial charge in [-0.15, -0.1) is 23.1 Å². The summed E-state index contributed by atoms with van der Waals surface area (Å²) in [4.78, 5) is 9.63. The first-order chi connectivity index (χ1) is 10.2. The van der Waals surface area contributed by atoms with Crippen LogP contribution in [0.2, 0.25) is 0 Å². The molecule has 5 heteroatoms. The number of halogens is 1. The number of nitrogens with zero attached hydrogens (tertiary/aromatic N) is 2. The highest BCUT2D eigenvalue weighted by Crippen LogP contribution is 2.38. The third-order valence-electron chi connectivity index (χ3n) is 3.47. The van der Waals surface area contributed by atoms with Crippen LogP contribution in [0.25, 0.3) is 21.3 Å². The van der Waals surface area contributed by atoms with Gasteiger partial charge in [-0.1, -0.05) is 18.2 Å². The Morgan fingerprint density at radius 1 is 1.19 bits per heavy atom. The van der Waals surface area contributed by atoms with Crippen LogP contribution < -0.4 is 0 Å². The molecule has 2 aromatic heterocycles. The molecule has 0 aliphatic carbocycles. The third kappa shape index (κ3) is 2.80. The standard InChI is InChI=1S/C16H15FN2S2/c1-10-3-4-12(7-11(10)2)13-8-21-16-14(13)15(18-9-19-16)20-6-5-17/h3-4,7-9H,5-6H2,1-2H3. The Morgan fingerprint density at radius 3 is 2.81 bits per heavy atom. The molecule has 0 bridgehead atoms. The molecule has 0 fully saturated rings. The first kappa shape index (κ1) is 14.5. The molecule has 0 saturated heterocycles. The van der Waals surface area contributed by atoms with E-state index in [4.69, 9.17) is 0 Å². The van der Waals surface area contributed by atoms with Crippen molar-refractivity contribution in [1.82, 2.24) is 9.97 Å². The lowest BCUT2D eigenvalue weighted by atomic mass is 10.0. The topological polar surface area (TPSA) is 25.8 Å². The largest absolute Gasteiger partial charge is 0.250 e. The van der Waals surface area contributed by atoms with Gasteiger partial charge in [0.2, 0.25) is 0 Å². The van der Waals surface area contributed by atoms with E-state index in [0.29, 0.717) is 5.75 Å². The lowest BCUT2D eigenvalue weighted by Crippen LogP contribution is -1.89. The second-order valence-corrected chi connectivity index (χ2v) is 6.79. The maximum absolute atomic E-state index is 12.5. The zero-order chi connectivity index (χ0) is 14.8. The highest BCUT2D eigenvalue weighted by Gasteiger charge is 2.13. The van der Waals surface area contributed by atoms with E-state index in [-0.39, 0.29) is 6.67 Å². The van der Waals surface area contributed by atoms with Gasteiger partial charge in [-0.25, -0.2) is 9.97 Å². The molecular formula is C16H15FN2S2. The quantitative estimate of drug-likeness (QED) is 0.498. The van der Waals surface area contributed by atoms with Crippen molar-refractivity contribution in [2.45, 2.75) is 18.9 Å². The van der Waals surface area contributed by atoms with E-state index in [2.05, 4.69) is 47.4 Å². The zero-order valence-electron chi connectivity index (χ0n) is 11.9. The molecule has 3 aromatic rings. The van der Waals surface area contributed by atoms with Crippen molar-refractivity contribution in [3.05, 3.63) is 41.0 Å². The van der Waals surface area contributed by atoms with Crippen LogP contribution in [0.15, 0.2) is 34.9 Å². The number of thioether (sulfide) groups is 1. The fourth-order valence-electron chi connectivity index (χ4n) is 2.21. The lowest BCUT2D eigenvalue weighted by molar-refractivity contribution is 0.532. The van der Waals surface area contributed by atoms with Crippen molar-refractivity contribution in [3.8, 4) is 11.1 Å². The molecule has 0 radical (unpaired) electrons. The normalized spacial score (nSPS) is 11.2.